The van der Waals surface area contributed by atoms with Crippen molar-refractivity contribution in [2.24, 2.45) is 0 Å². The molecule has 0 fully saturated rings. The first-order valence-electron chi connectivity index (χ1n) is 7.35. The minimum atomic E-state index is -0.832. The summed E-state index contributed by atoms with van der Waals surface area (Å²) in [4.78, 5) is 25.9. The van der Waals surface area contributed by atoms with E-state index in [4.69, 9.17) is 4.74 Å². The number of rotatable bonds is 5. The fraction of sp³-hybridized carbons (Fsp3) is 0.222. The largest absolute Gasteiger partial charge is 0.459 e. The van der Waals surface area contributed by atoms with Gasteiger partial charge in [-0.05, 0) is 30.7 Å². The number of carbonyl (C=O) groups excluding carboxylic acids is 2. The summed E-state index contributed by atoms with van der Waals surface area (Å²) in [5, 5.41) is 0. The summed E-state index contributed by atoms with van der Waals surface area (Å²) in [6, 6.07) is 18.1. The highest BCUT2D eigenvalue weighted by Gasteiger charge is 2.26. The van der Waals surface area contributed by atoms with Gasteiger partial charge in [0.25, 0.3) is 0 Å². The third kappa shape index (κ3) is 3.95. The number of benzene rings is 2. The summed E-state index contributed by atoms with van der Waals surface area (Å²) in [5.41, 5.74) is 1.26. The highest BCUT2D eigenvalue weighted by atomic mass is 16.5. The summed E-state index contributed by atoms with van der Waals surface area (Å²) in [7, 11) is 0. The minimum Gasteiger partial charge on any atom is -0.459 e. The molecule has 2 aromatic rings. The monoisotopic (exact) mass is 297 g/mol. The quantitative estimate of drug-likeness (QED) is 0.480. The summed E-state index contributed by atoms with van der Waals surface area (Å²) >= 11 is 0. The van der Waals surface area contributed by atoms with E-state index in [1.54, 1.807) is 24.3 Å². The number of ether oxygens (including phenoxy) is 1. The SMILES string of the molecule is CCCCOC(=O)C(=O)N(c1ccccc1)c1ccccc1. The number of unbranched alkanes of at least 4 members (excludes halogenated alkanes) is 1. The van der Waals surface area contributed by atoms with Crippen LogP contribution in [0.1, 0.15) is 19.8 Å². The average molecular weight is 297 g/mol. The van der Waals surface area contributed by atoms with Crippen LogP contribution < -0.4 is 4.90 Å². The molecule has 0 radical (unpaired) electrons. The lowest BCUT2D eigenvalue weighted by atomic mass is 10.2. The third-order valence-corrected chi connectivity index (χ3v) is 3.14. The van der Waals surface area contributed by atoms with Crippen LogP contribution in [-0.4, -0.2) is 18.5 Å². The van der Waals surface area contributed by atoms with Gasteiger partial charge in [0.05, 0.1) is 6.61 Å². The molecule has 0 unspecified atom stereocenters. The molecule has 0 aliphatic carbocycles. The Bertz CT molecular complexity index is 571. The number of carbonyl (C=O) groups is 2. The Kier molecular flexibility index (Phi) is 5.72. The Balaban J connectivity index is 2.25. The number of hydrogen-bond donors (Lipinski definition) is 0. The molecular weight excluding hydrogens is 278 g/mol. The van der Waals surface area contributed by atoms with Gasteiger partial charge in [-0.1, -0.05) is 49.7 Å². The highest BCUT2D eigenvalue weighted by Crippen LogP contribution is 2.25. The zero-order valence-corrected chi connectivity index (χ0v) is 12.6. The molecule has 1 amide bonds. The molecule has 0 atom stereocenters. The zero-order valence-electron chi connectivity index (χ0n) is 12.6. The van der Waals surface area contributed by atoms with Gasteiger partial charge in [0.2, 0.25) is 0 Å². The summed E-state index contributed by atoms with van der Waals surface area (Å²) < 4.78 is 5.04. The molecule has 0 aliphatic rings. The Labute approximate surface area is 130 Å². The Morgan fingerprint density at radius 3 is 1.86 bits per heavy atom. The summed E-state index contributed by atoms with van der Waals surface area (Å²) in [6.07, 6.45) is 1.65. The van der Waals surface area contributed by atoms with Gasteiger partial charge in [-0.15, -0.1) is 0 Å². The molecule has 0 aliphatic heterocycles. The van der Waals surface area contributed by atoms with E-state index < -0.39 is 11.9 Å². The molecule has 2 rings (SSSR count). The van der Waals surface area contributed by atoms with Gasteiger partial charge in [0.15, 0.2) is 0 Å². The van der Waals surface area contributed by atoms with Crippen LogP contribution in [0.15, 0.2) is 60.7 Å². The first-order chi connectivity index (χ1) is 10.7. The van der Waals surface area contributed by atoms with E-state index in [9.17, 15) is 9.59 Å². The van der Waals surface area contributed by atoms with Crippen LogP contribution in [0.2, 0.25) is 0 Å². The van der Waals surface area contributed by atoms with Gasteiger partial charge < -0.3 is 4.74 Å². The van der Waals surface area contributed by atoms with Crippen LogP contribution in [0.5, 0.6) is 0 Å². The van der Waals surface area contributed by atoms with Crippen LogP contribution in [-0.2, 0) is 14.3 Å². The molecule has 4 nitrogen and oxygen atoms in total. The summed E-state index contributed by atoms with van der Waals surface area (Å²) in [6.45, 7) is 2.26. The van der Waals surface area contributed by atoms with Crippen LogP contribution in [0.25, 0.3) is 0 Å². The maximum absolute atomic E-state index is 12.5. The number of anilines is 2. The van der Waals surface area contributed by atoms with Crippen molar-refractivity contribution >= 4 is 23.3 Å². The first kappa shape index (κ1) is 15.8. The van der Waals surface area contributed by atoms with E-state index in [1.165, 1.54) is 4.90 Å². The van der Waals surface area contributed by atoms with E-state index >= 15 is 0 Å². The average Bonchev–Trinajstić information content (AvgIpc) is 2.57. The molecule has 0 N–H and O–H groups in total. The van der Waals surface area contributed by atoms with Crippen LogP contribution >= 0.6 is 0 Å². The molecule has 0 saturated heterocycles. The van der Waals surface area contributed by atoms with Crippen molar-refractivity contribution in [2.45, 2.75) is 19.8 Å². The molecule has 4 heteroatoms. The fourth-order valence-electron chi connectivity index (χ4n) is 2.00. The molecular formula is C18H19NO3. The number of hydrogen-bond acceptors (Lipinski definition) is 3. The second-order valence-electron chi connectivity index (χ2n) is 4.80. The van der Waals surface area contributed by atoms with Gasteiger partial charge >= 0.3 is 11.9 Å². The number of esters is 1. The maximum atomic E-state index is 12.5. The van der Waals surface area contributed by atoms with Crippen molar-refractivity contribution in [1.29, 1.82) is 0 Å². The highest BCUT2D eigenvalue weighted by molar-refractivity contribution is 6.39. The van der Waals surface area contributed by atoms with Crippen molar-refractivity contribution in [3.05, 3.63) is 60.7 Å². The topological polar surface area (TPSA) is 46.6 Å². The predicted molar refractivity (Wildman–Crippen MR) is 85.9 cm³/mol. The lowest BCUT2D eigenvalue weighted by molar-refractivity contribution is -0.153. The van der Waals surface area contributed by atoms with Gasteiger partial charge in [0, 0.05) is 11.4 Å². The van der Waals surface area contributed by atoms with Crippen LogP contribution in [0.3, 0.4) is 0 Å². The molecule has 0 saturated carbocycles. The number of amides is 1. The molecule has 0 heterocycles. The first-order valence-corrected chi connectivity index (χ1v) is 7.35. The molecule has 2 aromatic carbocycles. The van der Waals surface area contributed by atoms with Gasteiger partial charge in [-0.25, -0.2) is 4.79 Å². The Morgan fingerprint density at radius 2 is 1.41 bits per heavy atom. The molecule has 114 valence electrons. The lowest BCUT2D eigenvalue weighted by Gasteiger charge is -2.21. The van der Waals surface area contributed by atoms with Gasteiger partial charge in [-0.2, -0.15) is 0 Å². The van der Waals surface area contributed by atoms with Crippen LogP contribution in [0.4, 0.5) is 11.4 Å². The van der Waals surface area contributed by atoms with Crippen molar-refractivity contribution in [3.8, 4) is 0 Å². The van der Waals surface area contributed by atoms with E-state index in [0.29, 0.717) is 11.4 Å². The van der Waals surface area contributed by atoms with Gasteiger partial charge in [0.1, 0.15) is 0 Å². The van der Waals surface area contributed by atoms with Crippen molar-refractivity contribution in [3.63, 3.8) is 0 Å². The molecule has 0 spiro atoms. The lowest BCUT2D eigenvalue weighted by Crippen LogP contribution is -2.34. The fourth-order valence-corrected chi connectivity index (χ4v) is 2.00. The molecule has 0 bridgehead atoms. The van der Waals surface area contributed by atoms with E-state index in [-0.39, 0.29) is 6.61 Å². The second-order valence-corrected chi connectivity index (χ2v) is 4.80. The van der Waals surface area contributed by atoms with Crippen LogP contribution in [0, 0.1) is 0 Å². The van der Waals surface area contributed by atoms with Crippen molar-refractivity contribution in [2.75, 3.05) is 11.5 Å². The summed E-state index contributed by atoms with van der Waals surface area (Å²) in [5.74, 6) is -1.52. The standard InChI is InChI=1S/C18H19NO3/c1-2-3-14-22-18(21)17(20)19(15-10-6-4-7-11-15)16-12-8-5-9-13-16/h4-13H,2-3,14H2,1H3. The minimum absolute atomic E-state index is 0.262. The maximum Gasteiger partial charge on any atom is 0.397 e. The normalized spacial score (nSPS) is 10.0. The zero-order chi connectivity index (χ0) is 15.8. The Hall–Kier alpha value is -2.62. The second kappa shape index (κ2) is 7.98. The van der Waals surface area contributed by atoms with E-state index in [2.05, 4.69) is 0 Å². The number of para-hydroxylation sites is 2. The smallest absolute Gasteiger partial charge is 0.397 e. The van der Waals surface area contributed by atoms with E-state index in [1.807, 2.05) is 43.3 Å². The Morgan fingerprint density at radius 1 is 0.909 bits per heavy atom. The van der Waals surface area contributed by atoms with Crippen molar-refractivity contribution in [1.82, 2.24) is 0 Å². The number of nitrogens with zero attached hydrogens (tertiary/aromatic N) is 1. The predicted octanol–water partition coefficient (Wildman–Crippen LogP) is 3.69. The van der Waals surface area contributed by atoms with E-state index in [0.717, 1.165) is 12.8 Å². The van der Waals surface area contributed by atoms with Crippen molar-refractivity contribution < 1.29 is 14.3 Å². The van der Waals surface area contributed by atoms with Gasteiger partial charge in [-0.3, -0.25) is 9.69 Å². The third-order valence-electron chi connectivity index (χ3n) is 3.14. The molecule has 0 aromatic heterocycles. The molecule has 22 heavy (non-hydrogen) atoms.